The van der Waals surface area contributed by atoms with Gasteiger partial charge in [-0.3, -0.25) is 0 Å². The third-order valence-electron chi connectivity index (χ3n) is 30.2. The van der Waals surface area contributed by atoms with Gasteiger partial charge in [0.05, 0.1) is 0 Å². The van der Waals surface area contributed by atoms with Crippen molar-refractivity contribution in [1.82, 2.24) is 21.9 Å². The number of hydroxylamine groups is 4. The minimum Gasteiger partial charge on any atom is -0.409 e. The summed E-state index contributed by atoms with van der Waals surface area (Å²) in [4.78, 5) is 25.6. The molecule has 0 unspecified atom stereocenters. The summed E-state index contributed by atoms with van der Waals surface area (Å²) in [5, 5.41) is 22.2. The minimum absolute atomic E-state index is 0.778. The predicted molar refractivity (Wildman–Crippen MR) is 587 cm³/mol. The second-order valence-electron chi connectivity index (χ2n) is 38.8. The van der Waals surface area contributed by atoms with Gasteiger partial charge < -0.3 is 19.4 Å². The molecule has 0 amide bonds. The van der Waals surface area contributed by atoms with E-state index in [0.717, 1.165) is 104 Å². The Morgan fingerprint density at radius 1 is 0.159 bits per heavy atom. The van der Waals surface area contributed by atoms with Gasteiger partial charge in [-0.1, -0.05) is 398 Å². The number of benzene rings is 18. The Morgan fingerprint density at radius 3 is 0.725 bits per heavy atom. The monoisotopic (exact) mass is 1800 g/mol. The molecule has 138 heavy (non-hydrogen) atoms. The molecule has 8 heteroatoms. The largest absolute Gasteiger partial charge is 0.409 e. The second-order valence-corrected chi connectivity index (χ2v) is 38.8. The van der Waals surface area contributed by atoms with Gasteiger partial charge in [0.2, 0.25) is 0 Å². The van der Waals surface area contributed by atoms with E-state index in [9.17, 15) is 0 Å². The SMILES string of the molecule is CCCCCCCCNOc1ccc(-c2c3c(c(-c4ccc(ONCCCCCCCC)cc4)c4ccccc24)-c2ccc(-c4ccc5c6c(-c7ccc(ONCCCCCC)cc7)c7c8ccc(-c9ccc%10c%11c(cccc9%11)-c9c(-c%11ccccc%11)c(C)c(C)c(-c%11ccccc%11)c9-%10)c9cccc(c7c(-c7ccc(ONCCCCCCCC)cc7)c6c6cccc4c65)c98)c4cccc-3c24)cc1. The summed E-state index contributed by atoms with van der Waals surface area (Å²) in [6, 6.07) is 115. The average Bonchev–Trinajstić information content (AvgIpc) is 1.50. The van der Waals surface area contributed by atoms with Crippen LogP contribution >= 0.6 is 0 Å². The average molecular weight is 1810 g/mol. The molecular formula is C130H124N4O4. The van der Waals surface area contributed by atoms with Crippen LogP contribution in [0.5, 0.6) is 23.0 Å². The van der Waals surface area contributed by atoms with E-state index in [1.54, 1.807) is 0 Å². The molecule has 0 heterocycles. The lowest BCUT2D eigenvalue weighted by molar-refractivity contribution is 0.193. The highest BCUT2D eigenvalue weighted by Crippen LogP contribution is 2.63. The molecule has 2 aliphatic carbocycles. The van der Waals surface area contributed by atoms with Crippen LogP contribution in [-0.4, -0.2) is 26.2 Å². The predicted octanol–water partition coefficient (Wildman–Crippen LogP) is 36.4. The lowest BCUT2D eigenvalue weighted by atomic mass is 9.81. The fourth-order valence-corrected chi connectivity index (χ4v) is 23.5. The van der Waals surface area contributed by atoms with E-state index >= 15 is 0 Å². The zero-order valence-corrected chi connectivity index (χ0v) is 80.9. The molecule has 20 aromatic rings. The smallest absolute Gasteiger partial charge is 0.147 e. The van der Waals surface area contributed by atoms with E-state index < -0.39 is 0 Å². The van der Waals surface area contributed by atoms with Crippen LogP contribution in [0.3, 0.4) is 0 Å². The van der Waals surface area contributed by atoms with Crippen LogP contribution in [-0.2, 0) is 0 Å². The van der Waals surface area contributed by atoms with Crippen molar-refractivity contribution >= 4 is 97.0 Å². The zero-order valence-electron chi connectivity index (χ0n) is 80.9. The van der Waals surface area contributed by atoms with Gasteiger partial charge in [0.1, 0.15) is 23.0 Å². The summed E-state index contributed by atoms with van der Waals surface area (Å²) in [5.41, 5.74) is 45.4. The molecule has 2 aliphatic rings. The molecule has 0 saturated heterocycles. The van der Waals surface area contributed by atoms with Crippen molar-refractivity contribution in [3.8, 4) is 157 Å². The first-order valence-corrected chi connectivity index (χ1v) is 51.7. The van der Waals surface area contributed by atoms with Crippen LogP contribution in [0.2, 0.25) is 0 Å². The van der Waals surface area contributed by atoms with Crippen LogP contribution in [0.15, 0.2) is 303 Å². The van der Waals surface area contributed by atoms with Crippen molar-refractivity contribution in [2.75, 3.05) is 26.2 Å². The molecular weight excluding hydrogens is 1680 g/mol. The van der Waals surface area contributed by atoms with Crippen molar-refractivity contribution < 1.29 is 19.4 Å². The van der Waals surface area contributed by atoms with Crippen LogP contribution in [0.1, 0.15) is 180 Å². The lowest BCUT2D eigenvalue weighted by Crippen LogP contribution is -2.19. The van der Waals surface area contributed by atoms with E-state index in [2.05, 4.69) is 367 Å². The molecule has 0 aliphatic heterocycles. The van der Waals surface area contributed by atoms with Crippen LogP contribution in [0, 0.1) is 13.8 Å². The summed E-state index contributed by atoms with van der Waals surface area (Å²) in [6.45, 7) is 16.9. The lowest BCUT2D eigenvalue weighted by Gasteiger charge is -2.22. The quantitative estimate of drug-likeness (QED) is 0.0222. The van der Waals surface area contributed by atoms with Crippen molar-refractivity contribution in [2.24, 2.45) is 0 Å². The molecule has 0 aromatic heterocycles. The van der Waals surface area contributed by atoms with Crippen LogP contribution in [0.25, 0.3) is 230 Å². The van der Waals surface area contributed by atoms with E-state index in [1.807, 2.05) is 0 Å². The molecule has 4 N–H and O–H groups in total. The highest BCUT2D eigenvalue weighted by molar-refractivity contribution is 6.48. The first-order chi connectivity index (χ1) is 68.3. The normalized spacial score (nSPS) is 12.1. The number of hydrogen-bond acceptors (Lipinski definition) is 8. The molecule has 0 atom stereocenters. The molecule has 0 bridgehead atoms. The maximum Gasteiger partial charge on any atom is 0.147 e. The number of rotatable bonds is 42. The Hall–Kier alpha value is -13.7. The van der Waals surface area contributed by atoms with Crippen LogP contribution in [0.4, 0.5) is 0 Å². The van der Waals surface area contributed by atoms with Gasteiger partial charge in [0.15, 0.2) is 0 Å². The summed E-state index contributed by atoms with van der Waals surface area (Å²) < 4.78 is 0. The third-order valence-corrected chi connectivity index (χ3v) is 30.2. The van der Waals surface area contributed by atoms with Gasteiger partial charge in [0, 0.05) is 26.2 Å². The van der Waals surface area contributed by atoms with Gasteiger partial charge in [-0.15, -0.1) is 0 Å². The van der Waals surface area contributed by atoms with E-state index in [4.69, 9.17) is 19.4 Å². The Labute approximate surface area is 812 Å². The number of unbranched alkanes of at least 4 members (excludes halogenated alkanes) is 18. The maximum atomic E-state index is 6.50. The van der Waals surface area contributed by atoms with Gasteiger partial charge >= 0.3 is 0 Å². The summed E-state index contributed by atoms with van der Waals surface area (Å²) in [5.74, 6) is 3.17. The first kappa shape index (κ1) is 89.5. The Kier molecular flexibility index (Phi) is 26.0. The second kappa shape index (κ2) is 40.2. The molecule has 22 rings (SSSR count). The molecule has 0 spiro atoms. The third kappa shape index (κ3) is 16.4. The highest BCUT2D eigenvalue weighted by atomic mass is 16.7. The molecule has 20 aromatic carbocycles. The van der Waals surface area contributed by atoms with Crippen molar-refractivity contribution in [3.63, 3.8) is 0 Å². The van der Waals surface area contributed by atoms with E-state index in [-0.39, 0.29) is 0 Å². The Balaban J connectivity index is 0.733. The van der Waals surface area contributed by atoms with Crippen molar-refractivity contribution in [2.45, 2.75) is 183 Å². The fourth-order valence-electron chi connectivity index (χ4n) is 23.5. The minimum atomic E-state index is 0.778. The Bertz CT molecular complexity index is 7600. The van der Waals surface area contributed by atoms with E-state index in [0.29, 0.717) is 0 Å². The van der Waals surface area contributed by atoms with E-state index in [1.165, 1.54) is 329 Å². The number of fused-ring (bicyclic) bond motifs is 13. The summed E-state index contributed by atoms with van der Waals surface area (Å²) in [6.07, 6.45) is 26.6. The maximum absolute atomic E-state index is 6.50. The van der Waals surface area contributed by atoms with Crippen LogP contribution < -0.4 is 41.3 Å². The Morgan fingerprint density at radius 2 is 0.391 bits per heavy atom. The van der Waals surface area contributed by atoms with Gasteiger partial charge in [-0.05, 0) is 330 Å². The van der Waals surface area contributed by atoms with Crippen molar-refractivity contribution in [1.29, 1.82) is 0 Å². The summed E-state index contributed by atoms with van der Waals surface area (Å²) in [7, 11) is 0. The molecule has 8 nitrogen and oxygen atoms in total. The summed E-state index contributed by atoms with van der Waals surface area (Å²) >= 11 is 0. The standard InChI is InChI=1S/C130H124N4O4/c1-7-11-15-19-22-34-80-132-135-91-63-55-87(56-64-91)115-103-45-31-32-46-104(103)116(88-57-65-92(66-58-88)136-133-81-35-23-20-16-12-8-2)126-110-76-72-96(100-48-38-52-106(120(100)110)125(115)126)98-74-78-112-122-102(98)50-40-54-108(122)128-117(89-59-67-94(68-60-89)138-134-82-36-24-21-17-13-9-3)127-107-53-39-49-101-97(73-77-111(121(101)107)129(127)118(130(112)128)90-61-69-93(70-62-90)137-131-79-33-18-14-10-4)95-71-75-109-119-99(95)47-37-51-105(119)123-113(85-41-27-25-28-42-85)83(5)84(6)114(124(109)123)86-43-29-26-30-44-86/h25-32,37-78,131-134H,7-24,33-36,79-82H2,1-6H3. The highest BCUT2D eigenvalue weighted by Gasteiger charge is 2.36. The van der Waals surface area contributed by atoms with Gasteiger partial charge in [-0.2, -0.15) is 21.9 Å². The van der Waals surface area contributed by atoms with Crippen molar-refractivity contribution in [3.05, 3.63) is 314 Å². The fraction of sp³-hybridized carbons (Fsp3) is 0.246. The molecule has 0 fully saturated rings. The number of nitrogens with one attached hydrogen (secondary N) is 4. The number of hydrogen-bond donors (Lipinski definition) is 4. The zero-order chi connectivity index (χ0) is 93.1. The van der Waals surface area contributed by atoms with Gasteiger partial charge in [-0.25, -0.2) is 0 Å². The molecule has 0 saturated carbocycles. The topological polar surface area (TPSA) is 85.0 Å². The van der Waals surface area contributed by atoms with Gasteiger partial charge in [0.25, 0.3) is 0 Å². The molecule has 688 valence electrons. The molecule has 0 radical (unpaired) electrons. The first-order valence-electron chi connectivity index (χ1n) is 51.7.